The lowest BCUT2D eigenvalue weighted by Gasteiger charge is -2.39. The van der Waals surface area contributed by atoms with Crippen molar-refractivity contribution in [1.29, 1.82) is 5.26 Å². The Morgan fingerprint density at radius 3 is 2.78 bits per heavy atom. The summed E-state index contributed by atoms with van der Waals surface area (Å²) >= 11 is 7.40. The molecule has 1 unspecified atom stereocenters. The van der Waals surface area contributed by atoms with Crippen LogP contribution in [0.2, 0.25) is 5.15 Å². The number of aromatic nitrogens is 2. The molecule has 0 aromatic carbocycles. The summed E-state index contributed by atoms with van der Waals surface area (Å²) in [5.41, 5.74) is 0.534. The van der Waals surface area contributed by atoms with Gasteiger partial charge < -0.3 is 9.80 Å². The Labute approximate surface area is 169 Å². The zero-order valence-electron chi connectivity index (χ0n) is 15.2. The van der Waals surface area contributed by atoms with Crippen LogP contribution in [0.3, 0.4) is 0 Å². The first-order chi connectivity index (χ1) is 13.2. The summed E-state index contributed by atoms with van der Waals surface area (Å²) in [4.78, 5) is 11.7. The van der Waals surface area contributed by atoms with E-state index in [9.17, 15) is 5.26 Å². The van der Waals surface area contributed by atoms with Crippen molar-refractivity contribution in [2.45, 2.75) is 12.8 Å². The number of pyridine rings is 1. The first-order valence-electron chi connectivity index (χ1n) is 9.43. The molecule has 1 atom stereocenters. The molecule has 0 bridgehead atoms. The molecule has 2 aromatic rings. The van der Waals surface area contributed by atoms with E-state index < -0.39 is 0 Å². The van der Waals surface area contributed by atoms with Gasteiger partial charge in [-0.1, -0.05) is 17.7 Å². The Morgan fingerprint density at radius 1 is 1.19 bits per heavy atom. The fourth-order valence-electron chi connectivity index (χ4n) is 4.04. The van der Waals surface area contributed by atoms with Crippen LogP contribution in [0, 0.1) is 17.2 Å². The van der Waals surface area contributed by atoms with Crippen LogP contribution >= 0.6 is 23.1 Å². The number of anilines is 2. The molecule has 4 heterocycles. The van der Waals surface area contributed by atoms with Gasteiger partial charge in [-0.2, -0.15) is 9.64 Å². The van der Waals surface area contributed by atoms with Crippen LogP contribution < -0.4 is 9.80 Å². The van der Waals surface area contributed by atoms with Gasteiger partial charge in [0.1, 0.15) is 22.5 Å². The Balaban J connectivity index is 1.32. The molecule has 0 N–H and O–H groups in total. The van der Waals surface area contributed by atoms with Crippen molar-refractivity contribution in [3.63, 3.8) is 0 Å². The predicted octanol–water partition coefficient (Wildman–Crippen LogP) is 3.10. The van der Waals surface area contributed by atoms with Crippen LogP contribution in [0.4, 0.5) is 10.8 Å². The monoisotopic (exact) mass is 402 g/mol. The Bertz CT molecular complexity index is 796. The zero-order valence-corrected chi connectivity index (χ0v) is 16.8. The number of halogens is 1. The SMILES string of the molecule is N#Cc1c(Cl)nsc1N1CCCC(CN2CCN(c3ccccn3)CC2)C1. The van der Waals surface area contributed by atoms with Gasteiger partial charge in [-0.15, -0.1) is 0 Å². The third-order valence-electron chi connectivity index (χ3n) is 5.41. The van der Waals surface area contributed by atoms with Crippen LogP contribution in [0.15, 0.2) is 24.4 Å². The van der Waals surface area contributed by atoms with Gasteiger partial charge in [-0.25, -0.2) is 4.98 Å². The molecule has 0 aliphatic carbocycles. The molecule has 8 heteroatoms. The van der Waals surface area contributed by atoms with E-state index in [-0.39, 0.29) is 0 Å². The molecule has 4 rings (SSSR count). The standard InChI is InChI=1S/C19H23ClN6S/c20-18-16(12-21)19(27-23-18)26-7-3-4-15(14-26)13-24-8-10-25(11-9-24)17-5-1-2-6-22-17/h1-2,5-6,15H,3-4,7-11,13-14H2. The maximum Gasteiger partial charge on any atom is 0.162 e. The third kappa shape index (κ3) is 4.18. The second-order valence-electron chi connectivity index (χ2n) is 7.20. The number of piperazine rings is 1. The normalized spacial score (nSPS) is 21.3. The van der Waals surface area contributed by atoms with Gasteiger partial charge in [0, 0.05) is 52.0 Å². The van der Waals surface area contributed by atoms with Crippen LogP contribution in [0.1, 0.15) is 18.4 Å². The molecule has 6 nitrogen and oxygen atoms in total. The molecular weight excluding hydrogens is 380 g/mol. The summed E-state index contributed by atoms with van der Waals surface area (Å²) in [6.07, 6.45) is 4.25. The predicted molar refractivity (Wildman–Crippen MR) is 110 cm³/mol. The molecule has 27 heavy (non-hydrogen) atoms. The van der Waals surface area contributed by atoms with Crippen LogP contribution in [0.25, 0.3) is 0 Å². The maximum atomic E-state index is 9.35. The van der Waals surface area contributed by atoms with Crippen molar-refractivity contribution in [2.24, 2.45) is 5.92 Å². The lowest BCUT2D eigenvalue weighted by molar-refractivity contribution is 0.205. The summed E-state index contributed by atoms with van der Waals surface area (Å²) in [7, 11) is 0. The molecule has 142 valence electrons. The smallest absolute Gasteiger partial charge is 0.162 e. The van der Waals surface area contributed by atoms with Gasteiger partial charge >= 0.3 is 0 Å². The highest BCUT2D eigenvalue weighted by Crippen LogP contribution is 2.34. The zero-order chi connectivity index (χ0) is 18.6. The first kappa shape index (κ1) is 18.5. The quantitative estimate of drug-likeness (QED) is 0.783. The molecule has 2 aliphatic heterocycles. The minimum atomic E-state index is 0.338. The van der Waals surface area contributed by atoms with Gasteiger partial charge in [-0.05, 0) is 42.4 Å². The topological polar surface area (TPSA) is 59.3 Å². The van der Waals surface area contributed by atoms with Crippen LogP contribution in [-0.4, -0.2) is 60.1 Å². The van der Waals surface area contributed by atoms with Crippen molar-refractivity contribution >= 4 is 34.0 Å². The highest BCUT2D eigenvalue weighted by Gasteiger charge is 2.27. The molecule has 2 aliphatic rings. The summed E-state index contributed by atoms with van der Waals surface area (Å²) in [6, 6.07) is 8.30. The van der Waals surface area contributed by atoms with E-state index in [2.05, 4.69) is 36.2 Å². The van der Waals surface area contributed by atoms with Gasteiger partial charge in [-0.3, -0.25) is 4.90 Å². The Hall–Kier alpha value is -1.88. The Morgan fingerprint density at radius 2 is 2.04 bits per heavy atom. The number of rotatable bonds is 4. The summed E-state index contributed by atoms with van der Waals surface area (Å²) in [5, 5.41) is 10.6. The van der Waals surface area contributed by atoms with E-state index >= 15 is 0 Å². The lowest BCUT2D eigenvalue weighted by Crippen LogP contribution is -2.49. The minimum Gasteiger partial charge on any atom is -0.361 e. The fourth-order valence-corrected chi connectivity index (χ4v) is 5.10. The number of piperidine rings is 1. The average Bonchev–Trinajstić information content (AvgIpc) is 3.10. The molecule has 0 amide bonds. The van der Waals surface area contributed by atoms with Crippen LogP contribution in [-0.2, 0) is 0 Å². The van der Waals surface area contributed by atoms with Crippen molar-refractivity contribution in [3.8, 4) is 6.07 Å². The van der Waals surface area contributed by atoms with Crippen molar-refractivity contribution < 1.29 is 0 Å². The van der Waals surface area contributed by atoms with Gasteiger partial charge in [0.05, 0.1) is 0 Å². The largest absolute Gasteiger partial charge is 0.361 e. The third-order valence-corrected chi connectivity index (χ3v) is 6.70. The van der Waals surface area contributed by atoms with E-state index in [1.54, 1.807) is 0 Å². The highest BCUT2D eigenvalue weighted by atomic mass is 35.5. The fraction of sp³-hybridized carbons (Fsp3) is 0.526. The van der Waals surface area contributed by atoms with Crippen molar-refractivity contribution in [3.05, 3.63) is 35.1 Å². The molecular formula is C19H23ClN6S. The molecule has 2 fully saturated rings. The summed E-state index contributed by atoms with van der Waals surface area (Å²) in [6.45, 7) is 7.27. The maximum absolute atomic E-state index is 9.35. The van der Waals surface area contributed by atoms with E-state index in [0.29, 0.717) is 16.6 Å². The number of nitriles is 1. The van der Waals surface area contributed by atoms with E-state index in [1.807, 2.05) is 18.3 Å². The first-order valence-corrected chi connectivity index (χ1v) is 10.6. The summed E-state index contributed by atoms with van der Waals surface area (Å²) in [5.74, 6) is 1.69. The van der Waals surface area contributed by atoms with E-state index in [4.69, 9.17) is 11.6 Å². The van der Waals surface area contributed by atoms with Crippen molar-refractivity contribution in [1.82, 2.24) is 14.3 Å². The average molecular weight is 403 g/mol. The second kappa shape index (κ2) is 8.42. The lowest BCUT2D eigenvalue weighted by atomic mass is 9.97. The molecule has 0 saturated carbocycles. The van der Waals surface area contributed by atoms with Gasteiger partial charge in [0.15, 0.2) is 5.15 Å². The molecule has 2 aromatic heterocycles. The highest BCUT2D eigenvalue weighted by molar-refractivity contribution is 7.10. The second-order valence-corrected chi connectivity index (χ2v) is 8.31. The van der Waals surface area contributed by atoms with Crippen LogP contribution in [0.5, 0.6) is 0 Å². The van der Waals surface area contributed by atoms with E-state index in [0.717, 1.165) is 63.1 Å². The molecule has 0 radical (unpaired) electrons. The molecule has 0 spiro atoms. The van der Waals surface area contributed by atoms with Gasteiger partial charge in [0.25, 0.3) is 0 Å². The minimum absolute atomic E-state index is 0.338. The summed E-state index contributed by atoms with van der Waals surface area (Å²) < 4.78 is 4.16. The van der Waals surface area contributed by atoms with E-state index in [1.165, 1.54) is 18.0 Å². The molecule has 2 saturated heterocycles. The Kier molecular flexibility index (Phi) is 5.77. The van der Waals surface area contributed by atoms with Crippen molar-refractivity contribution in [2.75, 3.05) is 55.6 Å². The van der Waals surface area contributed by atoms with Gasteiger partial charge in [0.2, 0.25) is 0 Å². The number of hydrogen-bond donors (Lipinski definition) is 0. The number of nitrogens with zero attached hydrogens (tertiary/aromatic N) is 6. The number of hydrogen-bond acceptors (Lipinski definition) is 7.